The minimum atomic E-state index is -0.286. The molecule has 0 saturated carbocycles. The van der Waals surface area contributed by atoms with Gasteiger partial charge in [-0.3, -0.25) is 4.79 Å². The first-order valence-corrected chi connectivity index (χ1v) is 5.69. The zero-order valence-corrected chi connectivity index (χ0v) is 9.69. The van der Waals surface area contributed by atoms with Crippen LogP contribution in [0.5, 0.6) is 5.75 Å². The maximum Gasteiger partial charge on any atom is 0.158 e. The third kappa shape index (κ3) is 3.27. The second-order valence-electron chi connectivity index (χ2n) is 4.20. The number of hydrogen-bond donors (Lipinski definition) is 0. The molecule has 4 heteroatoms. The van der Waals surface area contributed by atoms with Crippen LogP contribution < -0.4 is 4.74 Å². The largest absolute Gasteiger partial charge is 0.491 e. The van der Waals surface area contributed by atoms with E-state index in [0.717, 1.165) is 12.8 Å². The highest BCUT2D eigenvalue weighted by atomic mass is 19.1. The van der Waals surface area contributed by atoms with Crippen LogP contribution in [0.3, 0.4) is 0 Å². The molecule has 0 aliphatic carbocycles. The minimum absolute atomic E-state index is 0.0473. The quantitative estimate of drug-likeness (QED) is 0.807. The summed E-state index contributed by atoms with van der Waals surface area (Å²) in [5.41, 5.74) is 0. The van der Waals surface area contributed by atoms with Crippen molar-refractivity contribution in [1.29, 1.82) is 0 Å². The van der Waals surface area contributed by atoms with Crippen LogP contribution in [0, 0.1) is 5.82 Å². The Bertz CT molecular complexity index is 388. The molecule has 0 unspecified atom stereocenters. The van der Waals surface area contributed by atoms with Gasteiger partial charge in [-0.15, -0.1) is 0 Å². The van der Waals surface area contributed by atoms with E-state index >= 15 is 0 Å². The summed E-state index contributed by atoms with van der Waals surface area (Å²) >= 11 is 0. The highest BCUT2D eigenvalue weighted by Gasteiger charge is 2.28. The van der Waals surface area contributed by atoms with E-state index in [4.69, 9.17) is 9.47 Å². The molecule has 1 aromatic carbocycles. The second-order valence-corrected chi connectivity index (χ2v) is 4.20. The Balaban J connectivity index is 1.80. The van der Waals surface area contributed by atoms with E-state index in [0.29, 0.717) is 12.4 Å². The average Bonchev–Trinajstić information content (AvgIpc) is 2.77. The van der Waals surface area contributed by atoms with Gasteiger partial charge in [0.15, 0.2) is 5.78 Å². The first-order chi connectivity index (χ1) is 8.15. The molecule has 0 radical (unpaired) electrons. The fourth-order valence-electron chi connectivity index (χ4n) is 1.85. The monoisotopic (exact) mass is 238 g/mol. The number of rotatable bonds is 4. The molecule has 0 N–H and O–H groups in total. The van der Waals surface area contributed by atoms with Crippen LogP contribution in [0.25, 0.3) is 0 Å². The van der Waals surface area contributed by atoms with Crippen LogP contribution in [0.1, 0.15) is 19.8 Å². The number of ketones is 1. The maximum atomic E-state index is 12.7. The van der Waals surface area contributed by atoms with Crippen LogP contribution >= 0.6 is 0 Å². The molecule has 92 valence electrons. The molecule has 1 aromatic rings. The lowest BCUT2D eigenvalue weighted by Gasteiger charge is -2.13. The zero-order valence-electron chi connectivity index (χ0n) is 9.69. The molecular weight excluding hydrogens is 223 g/mol. The number of hydrogen-bond acceptors (Lipinski definition) is 3. The van der Waals surface area contributed by atoms with Gasteiger partial charge in [0.1, 0.15) is 24.3 Å². The summed E-state index contributed by atoms with van der Waals surface area (Å²) in [5.74, 6) is 0.390. The highest BCUT2D eigenvalue weighted by Crippen LogP contribution is 2.21. The van der Waals surface area contributed by atoms with Crippen LogP contribution in [-0.4, -0.2) is 24.6 Å². The van der Waals surface area contributed by atoms with Gasteiger partial charge >= 0.3 is 0 Å². The van der Waals surface area contributed by atoms with E-state index < -0.39 is 0 Å². The summed E-state index contributed by atoms with van der Waals surface area (Å²) in [7, 11) is 0. The first-order valence-electron chi connectivity index (χ1n) is 5.69. The van der Waals surface area contributed by atoms with Crippen LogP contribution in [0.2, 0.25) is 0 Å². The predicted octanol–water partition coefficient (Wildman–Crippen LogP) is 2.34. The molecule has 0 aromatic heterocycles. The number of Topliss-reactive ketones (excluding diaryl/α,β-unsaturated/α-hetero) is 1. The second kappa shape index (κ2) is 5.27. The van der Waals surface area contributed by atoms with Crippen molar-refractivity contribution in [1.82, 2.24) is 0 Å². The van der Waals surface area contributed by atoms with Crippen molar-refractivity contribution in [2.45, 2.75) is 32.0 Å². The van der Waals surface area contributed by atoms with E-state index in [9.17, 15) is 9.18 Å². The van der Waals surface area contributed by atoms with E-state index in [2.05, 4.69) is 0 Å². The van der Waals surface area contributed by atoms with E-state index in [1.54, 1.807) is 12.1 Å². The maximum absolute atomic E-state index is 12.7. The van der Waals surface area contributed by atoms with Crippen LogP contribution in [-0.2, 0) is 9.53 Å². The molecule has 1 heterocycles. The molecular formula is C13H15FO3. The first kappa shape index (κ1) is 12.0. The van der Waals surface area contributed by atoms with Gasteiger partial charge in [-0.05, 0) is 44.0 Å². The van der Waals surface area contributed by atoms with Gasteiger partial charge in [-0.2, -0.15) is 0 Å². The summed E-state index contributed by atoms with van der Waals surface area (Å²) in [6.45, 7) is 1.93. The molecule has 0 amide bonds. The lowest BCUT2D eigenvalue weighted by Crippen LogP contribution is -2.22. The van der Waals surface area contributed by atoms with Gasteiger partial charge in [0.25, 0.3) is 0 Å². The van der Waals surface area contributed by atoms with Crippen LogP contribution in [0.15, 0.2) is 24.3 Å². The Hall–Kier alpha value is -1.42. The van der Waals surface area contributed by atoms with Crippen molar-refractivity contribution in [3.63, 3.8) is 0 Å². The third-order valence-corrected chi connectivity index (χ3v) is 2.81. The number of halogens is 1. The number of carbonyl (C=O) groups is 1. The topological polar surface area (TPSA) is 35.5 Å². The van der Waals surface area contributed by atoms with Gasteiger partial charge in [0.2, 0.25) is 0 Å². The molecule has 17 heavy (non-hydrogen) atoms. The van der Waals surface area contributed by atoms with Gasteiger partial charge in [-0.1, -0.05) is 0 Å². The Labute approximate surface area is 99.5 Å². The Morgan fingerprint density at radius 1 is 1.41 bits per heavy atom. The van der Waals surface area contributed by atoms with Gasteiger partial charge in [0, 0.05) is 0 Å². The zero-order chi connectivity index (χ0) is 12.3. The fraction of sp³-hybridized carbons (Fsp3) is 0.462. The van der Waals surface area contributed by atoms with Gasteiger partial charge < -0.3 is 9.47 Å². The summed E-state index contributed by atoms with van der Waals surface area (Å²) in [5, 5.41) is 0. The Morgan fingerprint density at radius 2 is 2.12 bits per heavy atom. The van der Waals surface area contributed by atoms with Crippen molar-refractivity contribution < 1.29 is 18.7 Å². The van der Waals surface area contributed by atoms with E-state index in [-0.39, 0.29) is 23.8 Å². The minimum Gasteiger partial charge on any atom is -0.491 e. The van der Waals surface area contributed by atoms with Crippen molar-refractivity contribution in [3.8, 4) is 5.75 Å². The number of benzene rings is 1. The van der Waals surface area contributed by atoms with Crippen molar-refractivity contribution >= 4 is 5.78 Å². The SMILES string of the molecule is CC(=O)[C@@H]1CC[C@@H](COc2ccc(F)cc2)O1. The Kier molecular flexibility index (Phi) is 3.74. The molecule has 1 aliphatic heterocycles. The third-order valence-electron chi connectivity index (χ3n) is 2.81. The van der Waals surface area contributed by atoms with Crippen LogP contribution in [0.4, 0.5) is 4.39 Å². The molecule has 0 spiro atoms. The average molecular weight is 238 g/mol. The molecule has 2 atom stereocenters. The van der Waals surface area contributed by atoms with E-state index in [1.165, 1.54) is 19.1 Å². The summed E-state index contributed by atoms with van der Waals surface area (Å²) < 4.78 is 23.6. The number of ether oxygens (including phenoxy) is 2. The summed E-state index contributed by atoms with van der Waals surface area (Å²) in [6.07, 6.45) is 1.25. The van der Waals surface area contributed by atoms with Crippen molar-refractivity contribution in [2.24, 2.45) is 0 Å². The molecule has 1 aliphatic rings. The van der Waals surface area contributed by atoms with Gasteiger partial charge in [0.05, 0.1) is 6.10 Å². The van der Waals surface area contributed by atoms with Gasteiger partial charge in [-0.25, -0.2) is 4.39 Å². The summed E-state index contributed by atoms with van der Waals surface area (Å²) in [6, 6.07) is 5.85. The lowest BCUT2D eigenvalue weighted by atomic mass is 10.1. The highest BCUT2D eigenvalue weighted by molar-refractivity contribution is 5.80. The van der Waals surface area contributed by atoms with E-state index in [1.807, 2.05) is 0 Å². The molecule has 1 fully saturated rings. The Morgan fingerprint density at radius 3 is 2.71 bits per heavy atom. The fourth-order valence-corrected chi connectivity index (χ4v) is 1.85. The standard InChI is InChI=1S/C13H15FO3/c1-9(15)13-7-6-12(17-13)8-16-11-4-2-10(14)3-5-11/h2-5,12-13H,6-8H2,1H3/t12-,13-/m0/s1. The molecule has 1 saturated heterocycles. The van der Waals surface area contributed by atoms with Crippen molar-refractivity contribution in [2.75, 3.05) is 6.61 Å². The number of carbonyl (C=O) groups excluding carboxylic acids is 1. The predicted molar refractivity (Wildman–Crippen MR) is 60.5 cm³/mol. The normalized spacial score (nSPS) is 23.6. The molecule has 2 rings (SSSR count). The smallest absolute Gasteiger partial charge is 0.158 e. The summed E-state index contributed by atoms with van der Waals surface area (Å²) in [4.78, 5) is 11.1. The molecule has 0 bridgehead atoms. The lowest BCUT2D eigenvalue weighted by molar-refractivity contribution is -0.128. The van der Waals surface area contributed by atoms with Crippen molar-refractivity contribution in [3.05, 3.63) is 30.1 Å². The molecule has 3 nitrogen and oxygen atoms in total.